The molecule has 1 aliphatic rings. The molecule has 1 saturated heterocycles. The summed E-state index contributed by atoms with van der Waals surface area (Å²) in [5.41, 5.74) is 0. The predicted octanol–water partition coefficient (Wildman–Crippen LogP) is 2.61. The molecule has 108 valence electrons. The number of rotatable bonds is 4. The Labute approximate surface area is 127 Å². The number of halogens is 1. The maximum atomic E-state index is 12.1. The van der Waals surface area contributed by atoms with Crippen molar-refractivity contribution >= 4 is 35.2 Å². The van der Waals surface area contributed by atoms with Crippen molar-refractivity contribution in [2.24, 2.45) is 11.8 Å². The number of amides is 1. The molecule has 0 radical (unpaired) electrons. The lowest BCUT2D eigenvalue weighted by molar-refractivity contribution is -0.142. The fourth-order valence-electron chi connectivity index (χ4n) is 2.26. The van der Waals surface area contributed by atoms with Gasteiger partial charge in [0.2, 0.25) is 5.91 Å². The molecule has 0 aromatic heterocycles. The van der Waals surface area contributed by atoms with Gasteiger partial charge in [0.25, 0.3) is 0 Å². The average molecular weight is 314 g/mol. The molecule has 2 rings (SSSR count). The summed E-state index contributed by atoms with van der Waals surface area (Å²) in [5, 5.41) is 9.73. The Morgan fingerprint density at radius 3 is 2.55 bits per heavy atom. The van der Waals surface area contributed by atoms with Crippen LogP contribution >= 0.6 is 23.4 Å². The summed E-state index contributed by atoms with van der Waals surface area (Å²) in [6.07, 6.45) is 0. The van der Waals surface area contributed by atoms with Gasteiger partial charge in [0.15, 0.2) is 0 Å². The van der Waals surface area contributed by atoms with Crippen LogP contribution in [-0.2, 0) is 9.59 Å². The fourth-order valence-corrected chi connectivity index (χ4v) is 3.19. The minimum Gasteiger partial charge on any atom is -0.481 e. The topological polar surface area (TPSA) is 57.6 Å². The Hall–Kier alpha value is -1.20. The lowest BCUT2D eigenvalue weighted by atomic mass is 9.99. The molecule has 0 saturated carbocycles. The average Bonchev–Trinajstić information content (AvgIpc) is 2.80. The Morgan fingerprint density at radius 2 is 2.00 bits per heavy atom. The number of carboxylic acid groups (broad SMARTS) is 1. The third-order valence-corrected chi connectivity index (χ3v) is 4.71. The molecule has 0 bridgehead atoms. The Balaban J connectivity index is 1.87. The molecule has 1 aromatic rings. The quantitative estimate of drug-likeness (QED) is 0.868. The largest absolute Gasteiger partial charge is 0.481 e. The molecule has 1 aromatic carbocycles. The van der Waals surface area contributed by atoms with Crippen LogP contribution in [0.15, 0.2) is 29.2 Å². The van der Waals surface area contributed by atoms with Gasteiger partial charge in [-0.1, -0.05) is 18.5 Å². The van der Waals surface area contributed by atoms with E-state index in [0.29, 0.717) is 23.9 Å². The third-order valence-electron chi connectivity index (χ3n) is 3.46. The van der Waals surface area contributed by atoms with Gasteiger partial charge >= 0.3 is 5.97 Å². The van der Waals surface area contributed by atoms with Crippen LogP contribution in [0, 0.1) is 11.8 Å². The zero-order valence-electron chi connectivity index (χ0n) is 11.1. The Morgan fingerprint density at radius 1 is 1.35 bits per heavy atom. The molecule has 1 amide bonds. The minimum atomic E-state index is -0.821. The molecule has 1 heterocycles. The highest BCUT2D eigenvalue weighted by Crippen LogP contribution is 2.25. The van der Waals surface area contributed by atoms with Crippen molar-refractivity contribution in [1.29, 1.82) is 0 Å². The van der Waals surface area contributed by atoms with E-state index in [9.17, 15) is 9.59 Å². The van der Waals surface area contributed by atoms with E-state index in [1.807, 2.05) is 19.1 Å². The van der Waals surface area contributed by atoms with E-state index < -0.39 is 11.9 Å². The zero-order valence-corrected chi connectivity index (χ0v) is 12.7. The molecule has 20 heavy (non-hydrogen) atoms. The number of hydrogen-bond acceptors (Lipinski definition) is 3. The number of nitrogens with zero attached hydrogens (tertiary/aromatic N) is 1. The van der Waals surface area contributed by atoms with E-state index in [2.05, 4.69) is 0 Å². The number of carbonyl (C=O) groups excluding carboxylic acids is 1. The third kappa shape index (κ3) is 3.67. The van der Waals surface area contributed by atoms with Crippen LogP contribution in [0.3, 0.4) is 0 Å². The summed E-state index contributed by atoms with van der Waals surface area (Å²) >= 11 is 7.24. The number of thioether (sulfide) groups is 1. The first-order chi connectivity index (χ1) is 9.47. The zero-order chi connectivity index (χ0) is 14.7. The van der Waals surface area contributed by atoms with Gasteiger partial charge in [-0.2, -0.15) is 0 Å². The highest BCUT2D eigenvalue weighted by molar-refractivity contribution is 8.00. The highest BCUT2D eigenvalue weighted by atomic mass is 35.5. The summed E-state index contributed by atoms with van der Waals surface area (Å²) in [6, 6.07) is 7.30. The van der Waals surface area contributed by atoms with Crippen molar-refractivity contribution in [1.82, 2.24) is 4.90 Å². The fraction of sp³-hybridized carbons (Fsp3) is 0.429. The second-order valence-electron chi connectivity index (χ2n) is 4.96. The first kappa shape index (κ1) is 15.2. The van der Waals surface area contributed by atoms with E-state index in [0.717, 1.165) is 4.90 Å². The molecule has 1 fully saturated rings. The molecular weight excluding hydrogens is 298 g/mol. The Bertz CT molecular complexity index is 506. The van der Waals surface area contributed by atoms with Gasteiger partial charge < -0.3 is 10.0 Å². The summed E-state index contributed by atoms with van der Waals surface area (Å²) < 4.78 is 0. The molecule has 2 atom stereocenters. The summed E-state index contributed by atoms with van der Waals surface area (Å²) in [6.45, 7) is 2.71. The monoisotopic (exact) mass is 313 g/mol. The van der Waals surface area contributed by atoms with Crippen molar-refractivity contribution in [3.63, 3.8) is 0 Å². The van der Waals surface area contributed by atoms with Gasteiger partial charge in [-0.15, -0.1) is 11.8 Å². The van der Waals surface area contributed by atoms with Crippen molar-refractivity contribution in [2.45, 2.75) is 11.8 Å². The van der Waals surface area contributed by atoms with Crippen LogP contribution in [-0.4, -0.2) is 40.7 Å². The maximum absolute atomic E-state index is 12.1. The van der Waals surface area contributed by atoms with Gasteiger partial charge in [0.1, 0.15) is 0 Å². The number of carboxylic acids is 1. The van der Waals surface area contributed by atoms with E-state index in [1.165, 1.54) is 11.8 Å². The highest BCUT2D eigenvalue weighted by Gasteiger charge is 2.36. The van der Waals surface area contributed by atoms with E-state index >= 15 is 0 Å². The van der Waals surface area contributed by atoms with Crippen molar-refractivity contribution in [3.05, 3.63) is 29.3 Å². The number of benzene rings is 1. The molecule has 0 spiro atoms. The van der Waals surface area contributed by atoms with Gasteiger partial charge in [0, 0.05) is 23.0 Å². The normalized spacial score (nSPS) is 22.0. The standard InChI is InChI=1S/C14H16ClNO3S/c1-9-6-16(7-12(9)14(18)19)13(17)8-20-11-4-2-10(15)3-5-11/h2-5,9,12H,6-8H2,1H3,(H,18,19). The summed E-state index contributed by atoms with van der Waals surface area (Å²) in [7, 11) is 0. The summed E-state index contributed by atoms with van der Waals surface area (Å²) in [5.74, 6) is -0.948. The smallest absolute Gasteiger partial charge is 0.308 e. The van der Waals surface area contributed by atoms with Crippen LogP contribution in [0.4, 0.5) is 0 Å². The Kier molecular flexibility index (Phi) is 4.94. The predicted molar refractivity (Wildman–Crippen MR) is 79.0 cm³/mol. The van der Waals surface area contributed by atoms with E-state index in [1.54, 1.807) is 17.0 Å². The van der Waals surface area contributed by atoms with Crippen molar-refractivity contribution in [3.8, 4) is 0 Å². The molecule has 1 N–H and O–H groups in total. The first-order valence-corrected chi connectivity index (χ1v) is 7.72. The van der Waals surface area contributed by atoms with Crippen LogP contribution in [0.1, 0.15) is 6.92 Å². The second-order valence-corrected chi connectivity index (χ2v) is 6.45. The summed E-state index contributed by atoms with van der Waals surface area (Å²) in [4.78, 5) is 25.7. The maximum Gasteiger partial charge on any atom is 0.308 e. The SMILES string of the molecule is CC1CN(C(=O)CSc2ccc(Cl)cc2)CC1C(=O)O. The lowest BCUT2D eigenvalue weighted by Crippen LogP contribution is -2.31. The van der Waals surface area contributed by atoms with Crippen LogP contribution in [0.5, 0.6) is 0 Å². The second kappa shape index (κ2) is 6.50. The molecular formula is C14H16ClNO3S. The van der Waals surface area contributed by atoms with Gasteiger partial charge in [-0.05, 0) is 30.2 Å². The first-order valence-electron chi connectivity index (χ1n) is 6.36. The molecule has 1 aliphatic heterocycles. The van der Waals surface area contributed by atoms with Crippen molar-refractivity contribution < 1.29 is 14.7 Å². The van der Waals surface area contributed by atoms with Crippen LogP contribution < -0.4 is 0 Å². The van der Waals surface area contributed by atoms with Gasteiger partial charge in [-0.25, -0.2) is 0 Å². The van der Waals surface area contributed by atoms with Crippen LogP contribution in [0.2, 0.25) is 5.02 Å². The molecule has 0 aliphatic carbocycles. The lowest BCUT2D eigenvalue weighted by Gasteiger charge is -2.15. The van der Waals surface area contributed by atoms with E-state index in [4.69, 9.17) is 16.7 Å². The van der Waals surface area contributed by atoms with Crippen LogP contribution in [0.25, 0.3) is 0 Å². The number of hydrogen-bond donors (Lipinski definition) is 1. The number of aliphatic carboxylic acids is 1. The van der Waals surface area contributed by atoms with Gasteiger partial charge in [0.05, 0.1) is 11.7 Å². The minimum absolute atomic E-state index is 0.0111. The molecule has 4 nitrogen and oxygen atoms in total. The molecule has 2 unspecified atom stereocenters. The molecule has 6 heteroatoms. The van der Waals surface area contributed by atoms with Crippen molar-refractivity contribution in [2.75, 3.05) is 18.8 Å². The van der Waals surface area contributed by atoms with E-state index in [-0.39, 0.29) is 11.8 Å². The number of likely N-dealkylation sites (tertiary alicyclic amines) is 1. The van der Waals surface area contributed by atoms with Gasteiger partial charge in [-0.3, -0.25) is 9.59 Å². The number of carbonyl (C=O) groups is 2.